The molecule has 0 saturated heterocycles. The quantitative estimate of drug-likeness (QED) is 0.225. The highest BCUT2D eigenvalue weighted by atomic mass is 19.2. The van der Waals surface area contributed by atoms with Crippen molar-refractivity contribution >= 4 is 18.2 Å². The van der Waals surface area contributed by atoms with Gasteiger partial charge in [0.05, 0.1) is 12.5 Å². The number of aryl methyl sites for hydroxylation is 2. The number of aromatic nitrogens is 1. The minimum atomic E-state index is -1.11. The Hall–Kier alpha value is -4.34. The van der Waals surface area contributed by atoms with Crippen LogP contribution in [0.25, 0.3) is 11.1 Å². The summed E-state index contributed by atoms with van der Waals surface area (Å²) in [5.41, 5.74) is 8.08. The molecule has 8 nitrogen and oxygen atoms in total. The molecule has 44 heavy (non-hydrogen) atoms. The number of amides is 3. The summed E-state index contributed by atoms with van der Waals surface area (Å²) in [5.74, 6) is -2.63. The molecular weight excluding hydrogens is 566 g/mol. The zero-order valence-electron chi connectivity index (χ0n) is 27.0. The molecule has 0 radical (unpaired) electrons. The van der Waals surface area contributed by atoms with Crippen molar-refractivity contribution in [2.75, 3.05) is 6.54 Å². The Bertz CT molecular complexity index is 1450. The first kappa shape index (κ1) is 37.7. The Balaban J connectivity index is 0.000000433. The summed E-state index contributed by atoms with van der Waals surface area (Å²) in [5, 5.41) is 5.10. The van der Waals surface area contributed by atoms with E-state index in [2.05, 4.69) is 24.5 Å². The number of halogens is 2. The first-order valence-electron chi connectivity index (χ1n) is 14.8. The van der Waals surface area contributed by atoms with Crippen LogP contribution in [0, 0.1) is 31.4 Å². The zero-order chi connectivity index (χ0) is 33.6. The summed E-state index contributed by atoms with van der Waals surface area (Å²) >= 11 is 0. The zero-order valence-corrected chi connectivity index (χ0v) is 27.0. The van der Waals surface area contributed by atoms with Crippen LogP contribution < -0.4 is 21.9 Å². The Labute approximate surface area is 259 Å². The van der Waals surface area contributed by atoms with E-state index in [1.54, 1.807) is 22.9 Å². The average molecular weight is 613 g/mol. The van der Waals surface area contributed by atoms with Crippen molar-refractivity contribution in [2.24, 2.45) is 11.7 Å². The van der Waals surface area contributed by atoms with Crippen molar-refractivity contribution in [3.8, 4) is 11.1 Å². The fourth-order valence-electron chi connectivity index (χ4n) is 4.48. The van der Waals surface area contributed by atoms with Crippen LogP contribution in [-0.2, 0) is 9.59 Å². The summed E-state index contributed by atoms with van der Waals surface area (Å²) in [7, 11) is 0. The SMILES string of the molecule is CC.CC(C)CCNC(=O)c1cccn(C(C)C)c1=O.Cc1cccc(C)c1-c1cc(F)c(F)c(C(CC(N)=O)NC=O)c1. The Morgan fingerprint density at radius 2 is 1.61 bits per heavy atom. The van der Waals surface area contributed by atoms with E-state index in [0.29, 0.717) is 24.4 Å². The topological polar surface area (TPSA) is 123 Å². The van der Waals surface area contributed by atoms with Crippen LogP contribution in [-0.4, -0.2) is 29.3 Å². The molecule has 1 unspecified atom stereocenters. The number of nitrogens with one attached hydrogen (secondary N) is 2. The number of rotatable bonds is 11. The summed E-state index contributed by atoms with van der Waals surface area (Å²) in [6, 6.07) is 10.5. The predicted molar refractivity (Wildman–Crippen MR) is 171 cm³/mol. The normalized spacial score (nSPS) is 11.1. The number of nitrogens with two attached hydrogens (primary N) is 1. The van der Waals surface area contributed by atoms with Gasteiger partial charge in [-0.2, -0.15) is 0 Å². The lowest BCUT2D eigenvalue weighted by Gasteiger charge is -2.18. The molecule has 2 aromatic carbocycles. The summed E-state index contributed by atoms with van der Waals surface area (Å²) < 4.78 is 29.9. The number of benzene rings is 2. The van der Waals surface area contributed by atoms with Gasteiger partial charge in [-0.25, -0.2) is 8.78 Å². The van der Waals surface area contributed by atoms with Gasteiger partial charge in [-0.1, -0.05) is 45.9 Å². The molecule has 3 aromatic rings. The lowest BCUT2D eigenvalue weighted by atomic mass is 9.92. The van der Waals surface area contributed by atoms with Crippen molar-refractivity contribution in [3.05, 3.63) is 92.9 Å². The second-order valence-corrected chi connectivity index (χ2v) is 10.8. The summed E-state index contributed by atoms with van der Waals surface area (Å²) in [6.45, 7) is 16.4. The maximum atomic E-state index is 14.2. The standard InChI is InChI=1S/C18H18F2N2O2.C14H22N2O2.C2H6/c1-10-4-3-5-11(2)17(10)12-6-13(18(20)14(19)7-12)15(22-9-23)8-16(21)24;1-10(2)7-8-15-13(17)12-6-5-9-16(11(3)4)14(12)18;1-2/h3-7,9,15H,8H2,1-2H3,(H2,21,24)(H,22,23);5-6,9-11H,7-8H2,1-4H3,(H,15,17);1-2H3. The van der Waals surface area contributed by atoms with Gasteiger partial charge in [-0.05, 0) is 86.6 Å². The van der Waals surface area contributed by atoms with Gasteiger partial charge in [0.15, 0.2) is 11.6 Å². The number of hydrogen-bond donors (Lipinski definition) is 3. The van der Waals surface area contributed by atoms with Crippen LogP contribution in [0.15, 0.2) is 53.5 Å². The molecule has 4 N–H and O–H groups in total. The molecule has 1 heterocycles. The van der Waals surface area contributed by atoms with Crippen molar-refractivity contribution in [3.63, 3.8) is 0 Å². The molecule has 3 amide bonds. The highest BCUT2D eigenvalue weighted by molar-refractivity contribution is 5.93. The number of nitrogens with zero attached hydrogens (tertiary/aromatic N) is 1. The molecule has 1 aromatic heterocycles. The van der Waals surface area contributed by atoms with Crippen LogP contribution >= 0.6 is 0 Å². The summed E-state index contributed by atoms with van der Waals surface area (Å²) in [4.78, 5) is 45.9. The van der Waals surface area contributed by atoms with Gasteiger partial charge < -0.3 is 20.9 Å². The van der Waals surface area contributed by atoms with E-state index in [1.807, 2.05) is 59.7 Å². The van der Waals surface area contributed by atoms with Gasteiger partial charge in [0.2, 0.25) is 12.3 Å². The van der Waals surface area contributed by atoms with Gasteiger partial charge in [-0.3, -0.25) is 19.2 Å². The van der Waals surface area contributed by atoms with Crippen molar-refractivity contribution in [1.29, 1.82) is 0 Å². The monoisotopic (exact) mass is 612 g/mol. The van der Waals surface area contributed by atoms with E-state index in [4.69, 9.17) is 5.73 Å². The fraction of sp³-hybridized carbons (Fsp3) is 0.412. The fourth-order valence-corrected chi connectivity index (χ4v) is 4.48. The molecular formula is C34H46F2N4O4. The Kier molecular flexibility index (Phi) is 15.7. The van der Waals surface area contributed by atoms with Crippen LogP contribution in [0.3, 0.4) is 0 Å². The molecule has 0 aliphatic heterocycles. The van der Waals surface area contributed by atoms with Crippen LogP contribution in [0.1, 0.15) is 93.5 Å². The third kappa shape index (κ3) is 10.7. The molecule has 3 rings (SSSR count). The number of primary amides is 1. The van der Waals surface area contributed by atoms with Crippen LogP contribution in [0.2, 0.25) is 0 Å². The number of carbonyl (C=O) groups is 3. The molecule has 10 heteroatoms. The molecule has 0 bridgehead atoms. The lowest BCUT2D eigenvalue weighted by Crippen LogP contribution is -2.34. The largest absolute Gasteiger partial charge is 0.370 e. The van der Waals surface area contributed by atoms with Crippen LogP contribution in [0.4, 0.5) is 8.78 Å². The highest BCUT2D eigenvalue weighted by Gasteiger charge is 2.22. The van der Waals surface area contributed by atoms with E-state index < -0.39 is 23.6 Å². The number of hydrogen-bond acceptors (Lipinski definition) is 4. The highest BCUT2D eigenvalue weighted by Crippen LogP contribution is 2.32. The number of carbonyl (C=O) groups excluding carboxylic acids is 3. The molecule has 0 aliphatic carbocycles. The molecule has 0 fully saturated rings. The van der Waals surface area contributed by atoms with E-state index >= 15 is 0 Å². The van der Waals surface area contributed by atoms with Gasteiger partial charge in [0.25, 0.3) is 11.5 Å². The van der Waals surface area contributed by atoms with Gasteiger partial charge in [0, 0.05) is 24.3 Å². The van der Waals surface area contributed by atoms with Gasteiger partial charge in [0.1, 0.15) is 5.56 Å². The van der Waals surface area contributed by atoms with E-state index in [9.17, 15) is 28.0 Å². The molecule has 240 valence electrons. The van der Waals surface area contributed by atoms with E-state index in [0.717, 1.165) is 29.2 Å². The third-order valence-corrected chi connectivity index (χ3v) is 6.66. The minimum absolute atomic E-state index is 0.0564. The predicted octanol–water partition coefficient (Wildman–Crippen LogP) is 6.14. The Morgan fingerprint density at radius 3 is 2.14 bits per heavy atom. The molecule has 0 spiro atoms. The molecule has 0 aliphatic rings. The van der Waals surface area contributed by atoms with Crippen molar-refractivity contribution < 1.29 is 23.2 Å². The van der Waals surface area contributed by atoms with E-state index in [1.165, 1.54) is 6.07 Å². The third-order valence-electron chi connectivity index (χ3n) is 6.66. The smallest absolute Gasteiger partial charge is 0.263 e. The number of pyridine rings is 1. The first-order chi connectivity index (χ1) is 20.8. The summed E-state index contributed by atoms with van der Waals surface area (Å²) in [6.07, 6.45) is 2.62. The molecule has 1 atom stereocenters. The second kappa shape index (κ2) is 18.4. The second-order valence-electron chi connectivity index (χ2n) is 10.8. The maximum absolute atomic E-state index is 14.2. The maximum Gasteiger partial charge on any atom is 0.263 e. The Morgan fingerprint density at radius 1 is 1.00 bits per heavy atom. The van der Waals surface area contributed by atoms with E-state index in [-0.39, 0.29) is 35.1 Å². The van der Waals surface area contributed by atoms with Gasteiger partial charge in [-0.15, -0.1) is 0 Å². The first-order valence-corrected chi connectivity index (χ1v) is 14.8. The van der Waals surface area contributed by atoms with Crippen molar-refractivity contribution in [1.82, 2.24) is 15.2 Å². The average Bonchev–Trinajstić information content (AvgIpc) is 2.95. The minimum Gasteiger partial charge on any atom is -0.370 e. The van der Waals surface area contributed by atoms with Crippen LogP contribution in [0.5, 0.6) is 0 Å². The van der Waals surface area contributed by atoms with Crippen molar-refractivity contribution in [2.45, 2.75) is 80.3 Å². The van der Waals surface area contributed by atoms with Gasteiger partial charge >= 0.3 is 0 Å². The molecule has 0 saturated carbocycles. The lowest BCUT2D eigenvalue weighted by molar-refractivity contribution is -0.118.